The number of carbonyl (C=O) groups excluding carboxylic acids is 3. The number of benzene rings is 1. The van der Waals surface area contributed by atoms with E-state index in [9.17, 15) is 14.4 Å². The van der Waals surface area contributed by atoms with Crippen LogP contribution in [-0.2, 0) is 9.53 Å². The van der Waals surface area contributed by atoms with Gasteiger partial charge in [0.25, 0.3) is 0 Å². The second-order valence-corrected chi connectivity index (χ2v) is 7.45. The molecule has 0 aromatic heterocycles. The molecule has 0 unspecified atom stereocenters. The van der Waals surface area contributed by atoms with Gasteiger partial charge in [-0.15, -0.1) is 0 Å². The van der Waals surface area contributed by atoms with Crippen LogP contribution in [0.15, 0.2) is 24.3 Å². The third kappa shape index (κ3) is 6.50. The Labute approximate surface area is 154 Å². The summed E-state index contributed by atoms with van der Waals surface area (Å²) in [6.07, 6.45) is 2.92. The number of hydrogen-bond acceptors (Lipinski definition) is 5. The standard InChI is InChI=1S/C20H27NO5/c1-20(2,3)26-18(23)12-11-17(22)15-7-9-16(10-8-15)25-19(24)21-13-5-4-6-14-21/h7-10H,4-6,11-14H2,1-3H3. The molecule has 1 aromatic carbocycles. The molecule has 6 nitrogen and oxygen atoms in total. The van der Waals surface area contributed by atoms with Gasteiger partial charge >= 0.3 is 12.1 Å². The molecular weight excluding hydrogens is 334 g/mol. The summed E-state index contributed by atoms with van der Waals surface area (Å²) in [5.41, 5.74) is -0.0775. The van der Waals surface area contributed by atoms with Crippen LogP contribution < -0.4 is 4.74 Å². The molecule has 0 N–H and O–H groups in total. The van der Waals surface area contributed by atoms with Gasteiger partial charge in [0, 0.05) is 25.1 Å². The van der Waals surface area contributed by atoms with Gasteiger partial charge in [-0.1, -0.05) is 0 Å². The third-order valence-electron chi connectivity index (χ3n) is 3.97. The highest BCUT2D eigenvalue weighted by molar-refractivity contribution is 5.97. The van der Waals surface area contributed by atoms with Crippen molar-refractivity contribution >= 4 is 17.8 Å². The zero-order chi connectivity index (χ0) is 19.2. The van der Waals surface area contributed by atoms with E-state index in [1.54, 1.807) is 49.9 Å². The Balaban J connectivity index is 1.83. The van der Waals surface area contributed by atoms with Crippen LogP contribution >= 0.6 is 0 Å². The molecule has 0 radical (unpaired) electrons. The average molecular weight is 361 g/mol. The summed E-state index contributed by atoms with van der Waals surface area (Å²) in [5.74, 6) is -0.132. The predicted octanol–water partition coefficient (Wildman–Crippen LogP) is 3.98. The molecule has 2 rings (SSSR count). The Morgan fingerprint density at radius 2 is 1.58 bits per heavy atom. The molecule has 1 aliphatic rings. The summed E-state index contributed by atoms with van der Waals surface area (Å²) < 4.78 is 10.5. The first-order valence-corrected chi connectivity index (χ1v) is 9.06. The molecule has 0 spiro atoms. The fourth-order valence-electron chi connectivity index (χ4n) is 2.70. The molecule has 1 aromatic rings. The highest BCUT2D eigenvalue weighted by atomic mass is 16.6. The van der Waals surface area contributed by atoms with Gasteiger partial charge in [0.15, 0.2) is 5.78 Å². The average Bonchev–Trinajstić information content (AvgIpc) is 2.59. The maximum Gasteiger partial charge on any atom is 0.415 e. The number of likely N-dealkylation sites (tertiary alicyclic amines) is 1. The molecule has 0 bridgehead atoms. The number of rotatable bonds is 5. The highest BCUT2D eigenvalue weighted by Crippen LogP contribution is 2.17. The molecule has 0 saturated carbocycles. The minimum absolute atomic E-state index is 0.0435. The van der Waals surface area contributed by atoms with E-state index in [-0.39, 0.29) is 24.7 Å². The number of piperidine rings is 1. The van der Waals surface area contributed by atoms with Crippen LogP contribution in [-0.4, -0.2) is 41.4 Å². The van der Waals surface area contributed by atoms with Crippen molar-refractivity contribution in [3.8, 4) is 5.75 Å². The largest absolute Gasteiger partial charge is 0.460 e. The second-order valence-electron chi connectivity index (χ2n) is 7.45. The summed E-state index contributed by atoms with van der Waals surface area (Å²) in [4.78, 5) is 37.6. The predicted molar refractivity (Wildman–Crippen MR) is 97.3 cm³/mol. The Morgan fingerprint density at radius 3 is 2.15 bits per heavy atom. The molecular formula is C20H27NO5. The SMILES string of the molecule is CC(C)(C)OC(=O)CCC(=O)c1ccc(OC(=O)N2CCCCC2)cc1. The molecule has 0 atom stereocenters. The molecule has 1 fully saturated rings. The fourth-order valence-corrected chi connectivity index (χ4v) is 2.70. The lowest BCUT2D eigenvalue weighted by Gasteiger charge is -2.25. The van der Waals surface area contributed by atoms with Crippen LogP contribution in [0.25, 0.3) is 0 Å². The Hall–Kier alpha value is -2.37. The first-order valence-electron chi connectivity index (χ1n) is 9.06. The summed E-state index contributed by atoms with van der Waals surface area (Å²) in [6.45, 7) is 6.81. The molecule has 6 heteroatoms. The van der Waals surface area contributed by atoms with Crippen molar-refractivity contribution in [1.29, 1.82) is 0 Å². The van der Waals surface area contributed by atoms with E-state index in [0.29, 0.717) is 11.3 Å². The minimum Gasteiger partial charge on any atom is -0.460 e. The molecule has 142 valence electrons. The normalized spacial score (nSPS) is 14.7. The van der Waals surface area contributed by atoms with Gasteiger partial charge in [0.2, 0.25) is 0 Å². The lowest BCUT2D eigenvalue weighted by Crippen LogP contribution is -2.37. The molecule has 26 heavy (non-hydrogen) atoms. The highest BCUT2D eigenvalue weighted by Gasteiger charge is 2.19. The molecule has 1 saturated heterocycles. The van der Waals surface area contributed by atoms with E-state index in [1.165, 1.54) is 0 Å². The van der Waals surface area contributed by atoms with Gasteiger partial charge in [-0.2, -0.15) is 0 Å². The number of ketones is 1. The second kappa shape index (κ2) is 8.83. The molecule has 0 aliphatic carbocycles. The van der Waals surface area contributed by atoms with Crippen LogP contribution in [0.2, 0.25) is 0 Å². The third-order valence-corrected chi connectivity index (χ3v) is 3.97. The number of amides is 1. The zero-order valence-electron chi connectivity index (χ0n) is 15.7. The van der Waals surface area contributed by atoms with Crippen molar-refractivity contribution in [3.05, 3.63) is 29.8 Å². The van der Waals surface area contributed by atoms with E-state index in [2.05, 4.69) is 0 Å². The maximum absolute atomic E-state index is 12.2. The van der Waals surface area contributed by atoms with Gasteiger partial charge in [-0.05, 0) is 64.3 Å². The van der Waals surface area contributed by atoms with Crippen molar-refractivity contribution in [2.24, 2.45) is 0 Å². The van der Waals surface area contributed by atoms with E-state index in [0.717, 1.165) is 32.4 Å². The van der Waals surface area contributed by atoms with Crippen molar-refractivity contribution in [2.75, 3.05) is 13.1 Å². The summed E-state index contributed by atoms with van der Waals surface area (Å²) in [7, 11) is 0. The van der Waals surface area contributed by atoms with Gasteiger partial charge < -0.3 is 14.4 Å². The lowest BCUT2D eigenvalue weighted by molar-refractivity contribution is -0.154. The number of nitrogens with zero attached hydrogens (tertiary/aromatic N) is 1. The topological polar surface area (TPSA) is 72.9 Å². The van der Waals surface area contributed by atoms with Crippen molar-refractivity contribution in [2.45, 2.75) is 58.5 Å². The van der Waals surface area contributed by atoms with Crippen LogP contribution in [0.5, 0.6) is 5.75 Å². The number of carbonyl (C=O) groups is 3. The fraction of sp³-hybridized carbons (Fsp3) is 0.550. The van der Waals surface area contributed by atoms with Crippen LogP contribution in [0, 0.1) is 0 Å². The van der Waals surface area contributed by atoms with Crippen LogP contribution in [0.1, 0.15) is 63.2 Å². The number of Topliss-reactive ketones (excluding diaryl/α,β-unsaturated/α-hetero) is 1. The molecule has 1 heterocycles. The van der Waals surface area contributed by atoms with Gasteiger partial charge in [0.05, 0.1) is 6.42 Å². The molecule has 1 amide bonds. The van der Waals surface area contributed by atoms with Gasteiger partial charge in [0.1, 0.15) is 11.4 Å². The maximum atomic E-state index is 12.2. The Morgan fingerprint density at radius 1 is 0.962 bits per heavy atom. The minimum atomic E-state index is -0.556. The summed E-state index contributed by atoms with van der Waals surface area (Å²) in [5, 5.41) is 0. The quantitative estimate of drug-likeness (QED) is 0.586. The smallest absolute Gasteiger partial charge is 0.415 e. The molecule has 1 aliphatic heterocycles. The van der Waals surface area contributed by atoms with E-state index < -0.39 is 11.6 Å². The lowest BCUT2D eigenvalue weighted by atomic mass is 10.1. The monoisotopic (exact) mass is 361 g/mol. The first kappa shape index (κ1) is 19.9. The Kier molecular flexibility index (Phi) is 6.77. The van der Waals surface area contributed by atoms with Crippen LogP contribution in [0.4, 0.5) is 4.79 Å². The van der Waals surface area contributed by atoms with E-state index in [4.69, 9.17) is 9.47 Å². The zero-order valence-corrected chi connectivity index (χ0v) is 15.7. The van der Waals surface area contributed by atoms with Crippen molar-refractivity contribution < 1.29 is 23.9 Å². The number of hydrogen-bond donors (Lipinski definition) is 0. The number of ether oxygens (including phenoxy) is 2. The Bertz CT molecular complexity index is 639. The first-order chi connectivity index (χ1) is 12.2. The van der Waals surface area contributed by atoms with Crippen LogP contribution in [0.3, 0.4) is 0 Å². The van der Waals surface area contributed by atoms with Crippen molar-refractivity contribution in [1.82, 2.24) is 4.90 Å². The summed E-state index contributed by atoms with van der Waals surface area (Å²) in [6, 6.07) is 6.41. The van der Waals surface area contributed by atoms with Crippen molar-refractivity contribution in [3.63, 3.8) is 0 Å². The number of esters is 1. The van der Waals surface area contributed by atoms with Gasteiger partial charge in [-0.25, -0.2) is 4.79 Å². The van der Waals surface area contributed by atoms with E-state index in [1.807, 2.05) is 0 Å². The van der Waals surface area contributed by atoms with Gasteiger partial charge in [-0.3, -0.25) is 9.59 Å². The summed E-state index contributed by atoms with van der Waals surface area (Å²) >= 11 is 0. The van der Waals surface area contributed by atoms with E-state index >= 15 is 0 Å².